The fourth-order valence-electron chi connectivity index (χ4n) is 2.04. The highest BCUT2D eigenvalue weighted by Crippen LogP contribution is 2.21. The SMILES string of the molecule is N[C@@H](C(=O)OCCCc1ccccc1)c1ccccc1Cl. The van der Waals surface area contributed by atoms with E-state index in [9.17, 15) is 4.79 Å². The highest BCUT2D eigenvalue weighted by molar-refractivity contribution is 6.31. The number of hydrogen-bond acceptors (Lipinski definition) is 3. The molecule has 0 radical (unpaired) electrons. The second-order valence-electron chi connectivity index (χ2n) is 4.76. The Labute approximate surface area is 129 Å². The van der Waals surface area contributed by atoms with Crippen LogP contribution in [0.25, 0.3) is 0 Å². The Bertz CT molecular complexity index is 586. The van der Waals surface area contributed by atoms with Crippen LogP contribution in [0.15, 0.2) is 54.6 Å². The molecule has 0 unspecified atom stereocenters. The molecule has 0 saturated heterocycles. The molecule has 21 heavy (non-hydrogen) atoms. The van der Waals surface area contributed by atoms with E-state index in [0.29, 0.717) is 17.2 Å². The quantitative estimate of drug-likeness (QED) is 0.656. The summed E-state index contributed by atoms with van der Waals surface area (Å²) in [6, 6.07) is 16.3. The van der Waals surface area contributed by atoms with Gasteiger partial charge in [-0.15, -0.1) is 0 Å². The fourth-order valence-corrected chi connectivity index (χ4v) is 2.29. The van der Waals surface area contributed by atoms with Gasteiger partial charge in [-0.05, 0) is 30.0 Å². The number of ether oxygens (including phenoxy) is 1. The van der Waals surface area contributed by atoms with E-state index in [1.807, 2.05) is 18.2 Å². The lowest BCUT2D eigenvalue weighted by atomic mass is 10.1. The van der Waals surface area contributed by atoms with Gasteiger partial charge >= 0.3 is 5.97 Å². The number of carbonyl (C=O) groups excluding carboxylic acids is 1. The van der Waals surface area contributed by atoms with Crippen LogP contribution in [0.3, 0.4) is 0 Å². The van der Waals surface area contributed by atoms with Crippen LogP contribution in [0.4, 0.5) is 0 Å². The summed E-state index contributed by atoms with van der Waals surface area (Å²) in [4.78, 5) is 11.9. The number of esters is 1. The average Bonchev–Trinajstić information content (AvgIpc) is 2.52. The van der Waals surface area contributed by atoms with Crippen molar-refractivity contribution >= 4 is 17.6 Å². The fraction of sp³-hybridized carbons (Fsp3) is 0.235. The molecule has 0 bridgehead atoms. The molecule has 4 heteroatoms. The number of nitrogens with two attached hydrogens (primary N) is 1. The van der Waals surface area contributed by atoms with Crippen LogP contribution in [-0.4, -0.2) is 12.6 Å². The van der Waals surface area contributed by atoms with E-state index in [-0.39, 0.29) is 0 Å². The molecule has 2 rings (SSSR count). The number of rotatable bonds is 6. The third-order valence-electron chi connectivity index (χ3n) is 3.19. The van der Waals surface area contributed by atoms with Crippen LogP contribution in [0.1, 0.15) is 23.6 Å². The Balaban J connectivity index is 1.78. The van der Waals surface area contributed by atoms with Crippen LogP contribution in [0.2, 0.25) is 5.02 Å². The lowest BCUT2D eigenvalue weighted by Gasteiger charge is -2.13. The van der Waals surface area contributed by atoms with Crippen molar-refractivity contribution in [2.75, 3.05) is 6.61 Å². The van der Waals surface area contributed by atoms with E-state index < -0.39 is 12.0 Å². The van der Waals surface area contributed by atoms with E-state index in [0.717, 1.165) is 12.8 Å². The van der Waals surface area contributed by atoms with E-state index in [4.69, 9.17) is 22.1 Å². The monoisotopic (exact) mass is 303 g/mol. The van der Waals surface area contributed by atoms with Crippen molar-refractivity contribution in [1.82, 2.24) is 0 Å². The molecule has 1 atom stereocenters. The van der Waals surface area contributed by atoms with E-state index in [2.05, 4.69) is 12.1 Å². The maximum absolute atomic E-state index is 11.9. The Kier molecular flexibility index (Phi) is 5.78. The van der Waals surface area contributed by atoms with Gasteiger partial charge in [-0.3, -0.25) is 0 Å². The first-order valence-electron chi connectivity index (χ1n) is 6.89. The summed E-state index contributed by atoms with van der Waals surface area (Å²) in [5, 5.41) is 0.478. The summed E-state index contributed by atoms with van der Waals surface area (Å²) in [5.74, 6) is -0.448. The standard InChI is InChI=1S/C17H18ClNO2/c18-15-11-5-4-10-14(15)16(19)17(20)21-12-6-9-13-7-2-1-3-8-13/h1-5,7-8,10-11,16H,6,9,12,19H2/t16-/m1/s1. The summed E-state index contributed by atoms with van der Waals surface area (Å²) < 4.78 is 5.21. The van der Waals surface area contributed by atoms with E-state index >= 15 is 0 Å². The van der Waals surface area contributed by atoms with Gasteiger partial charge in [0.05, 0.1) is 6.61 Å². The van der Waals surface area contributed by atoms with Crippen molar-refractivity contribution in [2.24, 2.45) is 5.73 Å². The van der Waals surface area contributed by atoms with Gasteiger partial charge in [-0.25, -0.2) is 4.79 Å². The van der Waals surface area contributed by atoms with Crippen LogP contribution in [0, 0.1) is 0 Å². The van der Waals surface area contributed by atoms with Gasteiger partial charge in [0.2, 0.25) is 0 Å². The molecule has 2 aromatic carbocycles. The predicted molar refractivity (Wildman–Crippen MR) is 84.1 cm³/mol. The van der Waals surface area contributed by atoms with Crippen LogP contribution in [0.5, 0.6) is 0 Å². The highest BCUT2D eigenvalue weighted by Gasteiger charge is 2.19. The first-order valence-corrected chi connectivity index (χ1v) is 7.27. The first-order chi connectivity index (χ1) is 10.2. The summed E-state index contributed by atoms with van der Waals surface area (Å²) >= 11 is 6.02. The lowest BCUT2D eigenvalue weighted by molar-refractivity contribution is -0.145. The molecule has 2 aromatic rings. The molecular formula is C17H18ClNO2. The Hall–Kier alpha value is -1.84. The minimum Gasteiger partial charge on any atom is -0.464 e. The van der Waals surface area contributed by atoms with Crippen molar-refractivity contribution in [3.63, 3.8) is 0 Å². The van der Waals surface area contributed by atoms with Crippen molar-refractivity contribution in [3.05, 3.63) is 70.7 Å². The molecule has 0 aliphatic carbocycles. The van der Waals surface area contributed by atoms with Gasteiger partial charge in [0.25, 0.3) is 0 Å². The Morgan fingerprint density at radius 2 is 1.76 bits per heavy atom. The van der Waals surface area contributed by atoms with Crippen molar-refractivity contribution in [3.8, 4) is 0 Å². The van der Waals surface area contributed by atoms with E-state index in [1.54, 1.807) is 24.3 Å². The van der Waals surface area contributed by atoms with Crippen molar-refractivity contribution in [2.45, 2.75) is 18.9 Å². The predicted octanol–water partition coefficient (Wildman–Crippen LogP) is 3.52. The topological polar surface area (TPSA) is 52.3 Å². The second kappa shape index (κ2) is 7.81. The molecule has 0 saturated carbocycles. The largest absolute Gasteiger partial charge is 0.464 e. The molecule has 2 N–H and O–H groups in total. The van der Waals surface area contributed by atoms with Crippen LogP contribution in [-0.2, 0) is 16.0 Å². The Morgan fingerprint density at radius 3 is 2.48 bits per heavy atom. The molecule has 0 aliphatic heterocycles. The highest BCUT2D eigenvalue weighted by atomic mass is 35.5. The van der Waals surface area contributed by atoms with E-state index in [1.165, 1.54) is 5.56 Å². The number of aryl methyl sites for hydroxylation is 1. The lowest BCUT2D eigenvalue weighted by Crippen LogP contribution is -2.24. The summed E-state index contributed by atoms with van der Waals surface area (Å²) in [7, 11) is 0. The normalized spacial score (nSPS) is 11.9. The third kappa shape index (κ3) is 4.59. The van der Waals surface area contributed by atoms with Crippen molar-refractivity contribution in [1.29, 1.82) is 0 Å². The minimum absolute atomic E-state index is 0.353. The number of carbonyl (C=O) groups is 1. The molecule has 110 valence electrons. The van der Waals surface area contributed by atoms with Gasteiger partial charge < -0.3 is 10.5 Å². The number of benzene rings is 2. The molecule has 0 heterocycles. The van der Waals surface area contributed by atoms with Crippen LogP contribution < -0.4 is 5.73 Å². The van der Waals surface area contributed by atoms with Gasteiger partial charge in [0.1, 0.15) is 6.04 Å². The number of hydrogen-bond donors (Lipinski definition) is 1. The first kappa shape index (κ1) is 15.5. The van der Waals surface area contributed by atoms with Crippen LogP contribution >= 0.6 is 11.6 Å². The third-order valence-corrected chi connectivity index (χ3v) is 3.54. The summed E-state index contributed by atoms with van der Waals surface area (Å²) in [6.07, 6.45) is 1.64. The molecular weight excluding hydrogens is 286 g/mol. The molecule has 0 amide bonds. The average molecular weight is 304 g/mol. The molecule has 3 nitrogen and oxygen atoms in total. The van der Waals surface area contributed by atoms with Gasteiger partial charge in [0.15, 0.2) is 0 Å². The van der Waals surface area contributed by atoms with Crippen molar-refractivity contribution < 1.29 is 9.53 Å². The maximum Gasteiger partial charge on any atom is 0.327 e. The van der Waals surface area contributed by atoms with Gasteiger partial charge in [-0.1, -0.05) is 60.1 Å². The zero-order valence-corrected chi connectivity index (χ0v) is 12.4. The summed E-state index contributed by atoms with van der Waals surface area (Å²) in [6.45, 7) is 0.353. The summed E-state index contributed by atoms with van der Waals surface area (Å²) in [5.41, 5.74) is 7.69. The molecule has 0 aromatic heterocycles. The molecule has 0 fully saturated rings. The second-order valence-corrected chi connectivity index (χ2v) is 5.16. The smallest absolute Gasteiger partial charge is 0.327 e. The number of halogens is 1. The zero-order valence-electron chi connectivity index (χ0n) is 11.7. The maximum atomic E-state index is 11.9. The molecule has 0 spiro atoms. The minimum atomic E-state index is -0.838. The van der Waals surface area contributed by atoms with Gasteiger partial charge in [-0.2, -0.15) is 0 Å². The zero-order chi connectivity index (χ0) is 15.1. The molecule has 0 aliphatic rings. The van der Waals surface area contributed by atoms with Gasteiger partial charge in [0, 0.05) is 5.02 Å². The Morgan fingerprint density at radius 1 is 1.10 bits per heavy atom.